The molecule has 1 aromatic heterocycles. The fourth-order valence-electron chi connectivity index (χ4n) is 5.30. The second-order valence-electron chi connectivity index (χ2n) is 9.73. The number of benzene rings is 2. The molecule has 188 valence electrons. The number of amides is 1. The number of aryl methyl sites for hydroxylation is 1. The Hall–Kier alpha value is -3.31. The van der Waals surface area contributed by atoms with Crippen LogP contribution in [0.15, 0.2) is 73.4 Å². The van der Waals surface area contributed by atoms with Crippen LogP contribution >= 0.6 is 11.6 Å². The third kappa shape index (κ3) is 5.12. The largest absolute Gasteiger partial charge is 0.497 e. The van der Waals surface area contributed by atoms with Crippen molar-refractivity contribution in [1.29, 1.82) is 0 Å². The van der Waals surface area contributed by atoms with Crippen molar-refractivity contribution >= 4 is 17.5 Å². The fraction of sp³-hybridized carbons (Fsp3) is 0.333. The number of carbonyl (C=O) groups excluding carboxylic acids is 1. The number of halogens is 1. The Bertz CT molecular complexity index is 1240. The van der Waals surface area contributed by atoms with Crippen molar-refractivity contribution in [2.45, 2.75) is 45.2 Å². The van der Waals surface area contributed by atoms with Gasteiger partial charge in [0, 0.05) is 41.0 Å². The Balaban J connectivity index is 1.88. The number of aromatic nitrogens is 1. The predicted molar refractivity (Wildman–Crippen MR) is 144 cm³/mol. The summed E-state index contributed by atoms with van der Waals surface area (Å²) in [5, 5.41) is 0.658. The number of likely N-dealkylation sites (tertiary alicyclic amines) is 1. The maximum Gasteiger partial charge on any atom is 0.229 e. The van der Waals surface area contributed by atoms with Crippen LogP contribution in [0.5, 0.6) is 11.5 Å². The molecule has 1 fully saturated rings. The average Bonchev–Trinajstić information content (AvgIpc) is 2.87. The van der Waals surface area contributed by atoms with Gasteiger partial charge in [-0.15, -0.1) is 6.58 Å². The lowest BCUT2D eigenvalue weighted by Crippen LogP contribution is -2.51. The van der Waals surface area contributed by atoms with Gasteiger partial charge in [-0.2, -0.15) is 0 Å². The Kier molecular flexibility index (Phi) is 7.70. The van der Waals surface area contributed by atoms with Crippen LogP contribution in [-0.2, 0) is 11.3 Å². The Morgan fingerprint density at radius 3 is 2.53 bits per heavy atom. The van der Waals surface area contributed by atoms with E-state index in [2.05, 4.69) is 19.6 Å². The summed E-state index contributed by atoms with van der Waals surface area (Å²) in [5.74, 6) is 1.45. The van der Waals surface area contributed by atoms with Crippen molar-refractivity contribution in [3.8, 4) is 11.5 Å². The first-order valence-electron chi connectivity index (χ1n) is 12.1. The van der Waals surface area contributed by atoms with E-state index in [1.807, 2.05) is 72.6 Å². The molecule has 0 aliphatic carbocycles. The van der Waals surface area contributed by atoms with E-state index in [1.165, 1.54) is 0 Å². The highest BCUT2D eigenvalue weighted by atomic mass is 35.5. The van der Waals surface area contributed by atoms with E-state index in [0.29, 0.717) is 35.9 Å². The van der Waals surface area contributed by atoms with Crippen molar-refractivity contribution in [3.63, 3.8) is 0 Å². The first-order valence-corrected chi connectivity index (χ1v) is 12.5. The molecule has 0 bridgehead atoms. The van der Waals surface area contributed by atoms with Gasteiger partial charge in [-0.3, -0.25) is 9.78 Å². The highest BCUT2D eigenvalue weighted by Crippen LogP contribution is 2.51. The number of carbonyl (C=O) groups is 1. The molecule has 0 N–H and O–H groups in total. The lowest BCUT2D eigenvalue weighted by molar-refractivity contribution is -0.151. The number of piperidine rings is 1. The van der Waals surface area contributed by atoms with E-state index >= 15 is 0 Å². The molecule has 1 unspecified atom stereocenters. The van der Waals surface area contributed by atoms with Gasteiger partial charge in [0.1, 0.15) is 11.5 Å². The maximum absolute atomic E-state index is 14.2. The van der Waals surface area contributed by atoms with Crippen LogP contribution in [0.1, 0.15) is 54.1 Å². The summed E-state index contributed by atoms with van der Waals surface area (Å²) in [5.41, 5.74) is 3.43. The highest BCUT2D eigenvalue weighted by molar-refractivity contribution is 6.30. The van der Waals surface area contributed by atoms with E-state index in [-0.39, 0.29) is 17.9 Å². The van der Waals surface area contributed by atoms with Gasteiger partial charge in [-0.1, -0.05) is 36.7 Å². The summed E-state index contributed by atoms with van der Waals surface area (Å²) in [6.07, 6.45) is 4.94. The van der Waals surface area contributed by atoms with Crippen LogP contribution in [0.2, 0.25) is 5.02 Å². The molecule has 0 radical (unpaired) electrons. The number of pyridine rings is 1. The maximum atomic E-state index is 14.2. The zero-order chi connectivity index (χ0) is 25.9. The number of allylic oxidation sites excluding steroid dienone is 1. The van der Waals surface area contributed by atoms with E-state index in [0.717, 1.165) is 22.4 Å². The molecule has 4 rings (SSSR count). The molecule has 2 heterocycles. The van der Waals surface area contributed by atoms with Crippen molar-refractivity contribution in [1.82, 2.24) is 9.88 Å². The smallest absolute Gasteiger partial charge is 0.229 e. The Labute approximate surface area is 218 Å². The van der Waals surface area contributed by atoms with Gasteiger partial charge in [-0.05, 0) is 67.3 Å². The van der Waals surface area contributed by atoms with Gasteiger partial charge in [-0.25, -0.2) is 0 Å². The number of ether oxygens (including phenoxy) is 2. The molecule has 1 amide bonds. The molecule has 3 atom stereocenters. The van der Waals surface area contributed by atoms with Gasteiger partial charge in [0.2, 0.25) is 5.91 Å². The van der Waals surface area contributed by atoms with Crippen LogP contribution in [-0.4, -0.2) is 30.0 Å². The van der Waals surface area contributed by atoms with Crippen molar-refractivity contribution < 1.29 is 14.3 Å². The number of hydrogen-bond donors (Lipinski definition) is 0. The van der Waals surface area contributed by atoms with Gasteiger partial charge in [0.25, 0.3) is 0 Å². The molecule has 0 saturated carbocycles. The molecule has 1 saturated heterocycles. The summed E-state index contributed by atoms with van der Waals surface area (Å²) in [6.45, 7) is 8.44. The molecule has 6 heteroatoms. The van der Waals surface area contributed by atoms with E-state index in [9.17, 15) is 4.79 Å². The summed E-state index contributed by atoms with van der Waals surface area (Å²) in [4.78, 5) is 21.0. The molecule has 36 heavy (non-hydrogen) atoms. The number of rotatable bonds is 8. The van der Waals surface area contributed by atoms with Gasteiger partial charge >= 0.3 is 0 Å². The van der Waals surface area contributed by atoms with Crippen molar-refractivity contribution in [3.05, 3.63) is 101 Å². The lowest BCUT2D eigenvalue weighted by Gasteiger charge is -2.49. The Morgan fingerprint density at radius 2 is 1.89 bits per heavy atom. The molecule has 1 aliphatic rings. The predicted octanol–water partition coefficient (Wildman–Crippen LogP) is 6.90. The molecule has 3 aromatic rings. The first-order chi connectivity index (χ1) is 17.3. The second-order valence-corrected chi connectivity index (χ2v) is 10.2. The molecule has 5 nitrogen and oxygen atoms in total. The summed E-state index contributed by atoms with van der Waals surface area (Å²) in [7, 11) is 3.26. The number of nitrogens with zero attached hydrogens (tertiary/aromatic N) is 2. The minimum Gasteiger partial charge on any atom is -0.497 e. The van der Waals surface area contributed by atoms with E-state index in [4.69, 9.17) is 26.1 Å². The third-order valence-electron chi connectivity index (χ3n) is 7.12. The van der Waals surface area contributed by atoms with Gasteiger partial charge < -0.3 is 14.4 Å². The quantitative estimate of drug-likeness (QED) is 0.313. The molecule has 1 aliphatic heterocycles. The molecule has 2 aromatic carbocycles. The highest BCUT2D eigenvalue weighted by Gasteiger charge is 2.49. The minimum atomic E-state index is -0.611. The van der Waals surface area contributed by atoms with Crippen LogP contribution in [0.3, 0.4) is 0 Å². The van der Waals surface area contributed by atoms with E-state index in [1.54, 1.807) is 14.2 Å². The topological polar surface area (TPSA) is 51.7 Å². The number of hydrogen-bond acceptors (Lipinski definition) is 4. The van der Waals surface area contributed by atoms with E-state index < -0.39 is 5.41 Å². The van der Waals surface area contributed by atoms with Crippen LogP contribution in [0.25, 0.3) is 0 Å². The molecule has 0 spiro atoms. The van der Waals surface area contributed by atoms with Crippen molar-refractivity contribution in [2.75, 3.05) is 14.2 Å². The first kappa shape index (κ1) is 25.8. The van der Waals surface area contributed by atoms with Gasteiger partial charge in [0.15, 0.2) is 0 Å². The second kappa shape index (κ2) is 10.8. The summed E-state index contributed by atoms with van der Waals surface area (Å²) >= 11 is 6.24. The van der Waals surface area contributed by atoms with Gasteiger partial charge in [0.05, 0.1) is 25.7 Å². The zero-order valence-electron chi connectivity index (χ0n) is 21.3. The van der Waals surface area contributed by atoms with Crippen LogP contribution < -0.4 is 9.47 Å². The SMILES string of the molecule is C=CC[C@@]1(C)CC(c2cc(C)ccn2)[C@@H](c2ccc(Cl)cc2)N(Cc2ccc(OC)cc2OC)C1=O. The molecular formula is C30H33ClN2O3. The average molecular weight is 505 g/mol. The van der Waals surface area contributed by atoms with Crippen molar-refractivity contribution in [2.24, 2.45) is 5.41 Å². The normalized spacial score (nSPS) is 21.8. The number of methoxy groups -OCH3 is 2. The summed E-state index contributed by atoms with van der Waals surface area (Å²) < 4.78 is 11.1. The monoisotopic (exact) mass is 504 g/mol. The third-order valence-corrected chi connectivity index (χ3v) is 7.37. The molecular weight excluding hydrogens is 472 g/mol. The van der Waals surface area contributed by atoms with Crippen LogP contribution in [0, 0.1) is 12.3 Å². The Morgan fingerprint density at radius 1 is 1.14 bits per heavy atom. The van der Waals surface area contributed by atoms with Crippen LogP contribution in [0.4, 0.5) is 0 Å². The minimum absolute atomic E-state index is 0.0158. The zero-order valence-corrected chi connectivity index (χ0v) is 22.1. The standard InChI is InChI=1S/C30H33ClN2O3/c1-6-14-30(3)18-25(26-16-20(2)13-15-32-26)28(21-7-10-23(31)11-8-21)33(29(30)34)19-22-9-12-24(35-4)17-27(22)36-5/h6-13,15-17,25,28H,1,14,18-19H2,2-5H3/t25?,28-,30+/m1/s1. The summed E-state index contributed by atoms with van der Waals surface area (Å²) in [6, 6.07) is 17.4. The lowest BCUT2D eigenvalue weighted by atomic mass is 9.68. The fourth-order valence-corrected chi connectivity index (χ4v) is 5.43.